The minimum atomic E-state index is -0.00245. The fraction of sp³-hybridized carbons (Fsp3) is 0.533. The Bertz CT molecular complexity index is 346. The first-order valence-corrected chi connectivity index (χ1v) is 7.10. The fourth-order valence-electron chi connectivity index (χ4n) is 1.79. The molecule has 1 aromatic carbocycles. The van der Waals surface area contributed by atoms with Gasteiger partial charge in [-0.2, -0.15) is 0 Å². The number of nitrogens with two attached hydrogens (primary N) is 1. The second-order valence-corrected chi connectivity index (χ2v) is 5.05. The van der Waals surface area contributed by atoms with Crippen molar-refractivity contribution >= 4 is 17.8 Å². The lowest BCUT2D eigenvalue weighted by Crippen LogP contribution is -2.24. The Kier molecular flexibility index (Phi) is 7.70. The van der Waals surface area contributed by atoms with Crippen molar-refractivity contribution < 1.29 is 0 Å². The van der Waals surface area contributed by atoms with Crippen LogP contribution >= 0.6 is 11.6 Å². The molecule has 0 amide bonds. The second-order valence-electron chi connectivity index (χ2n) is 4.61. The van der Waals surface area contributed by atoms with Gasteiger partial charge in [-0.3, -0.25) is 4.99 Å². The molecular formula is C15H23ClN2. The van der Waals surface area contributed by atoms with Gasteiger partial charge in [-0.25, -0.2) is 0 Å². The monoisotopic (exact) mass is 266 g/mol. The van der Waals surface area contributed by atoms with Gasteiger partial charge in [-0.1, -0.05) is 49.9 Å². The van der Waals surface area contributed by atoms with Crippen LogP contribution in [0.4, 0.5) is 0 Å². The maximum atomic E-state index is 6.00. The van der Waals surface area contributed by atoms with Crippen LogP contribution in [0.1, 0.15) is 38.2 Å². The third-order valence-electron chi connectivity index (χ3n) is 2.82. The van der Waals surface area contributed by atoms with E-state index in [2.05, 4.69) is 11.9 Å². The second kappa shape index (κ2) is 9.12. The van der Waals surface area contributed by atoms with Crippen LogP contribution < -0.4 is 5.73 Å². The van der Waals surface area contributed by atoms with Crippen LogP contribution in [0.2, 0.25) is 5.02 Å². The molecule has 0 aromatic heterocycles. The van der Waals surface area contributed by atoms with Crippen LogP contribution in [0.15, 0.2) is 29.3 Å². The maximum Gasteiger partial charge on any atom is 0.0435 e. The molecule has 2 N–H and O–H groups in total. The SMILES string of the molecule is CCCCCCN=CC(N)Cc1ccc(Cl)cc1. The number of aliphatic imine (C=N–C) groups is 1. The lowest BCUT2D eigenvalue weighted by Gasteiger charge is -2.06. The van der Waals surface area contributed by atoms with Crippen molar-refractivity contribution in [2.75, 3.05) is 6.54 Å². The van der Waals surface area contributed by atoms with Gasteiger partial charge >= 0.3 is 0 Å². The summed E-state index contributed by atoms with van der Waals surface area (Å²) in [6, 6.07) is 7.81. The van der Waals surface area contributed by atoms with Crippen molar-refractivity contribution in [2.45, 2.75) is 45.1 Å². The van der Waals surface area contributed by atoms with Crippen LogP contribution in [0.3, 0.4) is 0 Å². The van der Waals surface area contributed by atoms with E-state index in [1.807, 2.05) is 30.5 Å². The third-order valence-corrected chi connectivity index (χ3v) is 3.07. The van der Waals surface area contributed by atoms with Crippen molar-refractivity contribution in [3.05, 3.63) is 34.9 Å². The third kappa shape index (κ3) is 6.77. The fourth-order valence-corrected chi connectivity index (χ4v) is 1.91. The van der Waals surface area contributed by atoms with Gasteiger partial charge in [-0.15, -0.1) is 0 Å². The number of benzene rings is 1. The van der Waals surface area contributed by atoms with Gasteiger partial charge in [-0.05, 0) is 30.5 Å². The number of hydrogen-bond donors (Lipinski definition) is 1. The number of hydrogen-bond acceptors (Lipinski definition) is 2. The molecule has 0 fully saturated rings. The first-order chi connectivity index (χ1) is 8.72. The largest absolute Gasteiger partial charge is 0.323 e. The van der Waals surface area contributed by atoms with E-state index >= 15 is 0 Å². The molecule has 2 nitrogen and oxygen atoms in total. The molecule has 0 aliphatic rings. The Morgan fingerprint density at radius 2 is 1.94 bits per heavy atom. The summed E-state index contributed by atoms with van der Waals surface area (Å²) in [4.78, 5) is 4.38. The normalized spacial score (nSPS) is 13.1. The molecule has 0 saturated carbocycles. The zero-order valence-corrected chi connectivity index (χ0v) is 11.9. The molecular weight excluding hydrogens is 244 g/mol. The van der Waals surface area contributed by atoms with Gasteiger partial charge in [0, 0.05) is 23.8 Å². The van der Waals surface area contributed by atoms with Crippen molar-refractivity contribution in [2.24, 2.45) is 10.7 Å². The van der Waals surface area contributed by atoms with E-state index in [0.717, 1.165) is 24.4 Å². The van der Waals surface area contributed by atoms with Crippen molar-refractivity contribution in [3.63, 3.8) is 0 Å². The number of rotatable bonds is 8. The van der Waals surface area contributed by atoms with E-state index in [1.54, 1.807) is 0 Å². The molecule has 0 spiro atoms. The minimum Gasteiger partial charge on any atom is -0.323 e. The number of unbranched alkanes of at least 4 members (excludes halogenated alkanes) is 3. The van der Waals surface area contributed by atoms with Gasteiger partial charge in [0.05, 0.1) is 0 Å². The molecule has 0 saturated heterocycles. The smallest absolute Gasteiger partial charge is 0.0435 e. The number of nitrogens with zero attached hydrogens (tertiary/aromatic N) is 1. The van der Waals surface area contributed by atoms with Crippen LogP contribution in [0.5, 0.6) is 0 Å². The average Bonchev–Trinajstić information content (AvgIpc) is 2.36. The average molecular weight is 267 g/mol. The predicted octanol–water partition coefficient (Wildman–Crippen LogP) is 3.86. The maximum absolute atomic E-state index is 6.00. The molecule has 0 heterocycles. The molecule has 0 bridgehead atoms. The summed E-state index contributed by atoms with van der Waals surface area (Å²) in [5.41, 5.74) is 7.20. The van der Waals surface area contributed by atoms with E-state index in [4.69, 9.17) is 17.3 Å². The van der Waals surface area contributed by atoms with E-state index in [0.29, 0.717) is 0 Å². The molecule has 18 heavy (non-hydrogen) atoms. The Morgan fingerprint density at radius 3 is 2.61 bits per heavy atom. The topological polar surface area (TPSA) is 38.4 Å². The lowest BCUT2D eigenvalue weighted by atomic mass is 10.1. The van der Waals surface area contributed by atoms with E-state index in [1.165, 1.54) is 24.8 Å². The molecule has 1 rings (SSSR count). The Labute approximate surface area is 115 Å². The molecule has 100 valence electrons. The summed E-state index contributed by atoms with van der Waals surface area (Å²) in [5, 5.41) is 0.761. The molecule has 1 unspecified atom stereocenters. The first kappa shape index (κ1) is 15.2. The highest BCUT2D eigenvalue weighted by Crippen LogP contribution is 2.10. The summed E-state index contributed by atoms with van der Waals surface area (Å²) in [5.74, 6) is 0. The predicted molar refractivity (Wildman–Crippen MR) is 80.6 cm³/mol. The summed E-state index contributed by atoms with van der Waals surface area (Å²) in [6.07, 6.45) is 7.68. The quantitative estimate of drug-likeness (QED) is 0.563. The number of halogens is 1. The van der Waals surface area contributed by atoms with Crippen LogP contribution in [-0.2, 0) is 6.42 Å². The molecule has 1 atom stereocenters. The van der Waals surface area contributed by atoms with Gasteiger partial charge in [0.25, 0.3) is 0 Å². The first-order valence-electron chi connectivity index (χ1n) is 6.72. The molecule has 1 aromatic rings. The molecule has 0 aliphatic carbocycles. The summed E-state index contributed by atoms with van der Waals surface area (Å²) in [6.45, 7) is 3.11. The van der Waals surface area contributed by atoms with Gasteiger partial charge in [0.15, 0.2) is 0 Å². The molecule has 0 radical (unpaired) electrons. The summed E-state index contributed by atoms with van der Waals surface area (Å²) < 4.78 is 0. The molecule has 3 heteroatoms. The zero-order chi connectivity index (χ0) is 13.2. The highest BCUT2D eigenvalue weighted by molar-refractivity contribution is 6.30. The van der Waals surface area contributed by atoms with Crippen LogP contribution in [0, 0.1) is 0 Å². The summed E-state index contributed by atoms with van der Waals surface area (Å²) >= 11 is 5.83. The Hall–Kier alpha value is -0.860. The van der Waals surface area contributed by atoms with Gasteiger partial charge in [0.1, 0.15) is 0 Å². The van der Waals surface area contributed by atoms with Crippen LogP contribution in [0.25, 0.3) is 0 Å². The van der Waals surface area contributed by atoms with E-state index in [9.17, 15) is 0 Å². The Balaban J connectivity index is 2.22. The van der Waals surface area contributed by atoms with Gasteiger partial charge < -0.3 is 5.73 Å². The molecule has 0 aliphatic heterocycles. The lowest BCUT2D eigenvalue weighted by molar-refractivity contribution is 0.674. The van der Waals surface area contributed by atoms with Crippen molar-refractivity contribution in [1.29, 1.82) is 0 Å². The van der Waals surface area contributed by atoms with E-state index < -0.39 is 0 Å². The zero-order valence-electron chi connectivity index (χ0n) is 11.1. The standard InChI is InChI=1S/C15H23ClN2/c1-2-3-4-5-10-18-12-15(17)11-13-6-8-14(16)9-7-13/h6-9,12,15H,2-5,10-11,17H2,1H3. The minimum absolute atomic E-state index is 0.00245. The van der Waals surface area contributed by atoms with E-state index in [-0.39, 0.29) is 6.04 Å². The highest BCUT2D eigenvalue weighted by Gasteiger charge is 2.00. The summed E-state index contributed by atoms with van der Waals surface area (Å²) in [7, 11) is 0. The van der Waals surface area contributed by atoms with Crippen LogP contribution in [-0.4, -0.2) is 18.8 Å². The highest BCUT2D eigenvalue weighted by atomic mass is 35.5. The van der Waals surface area contributed by atoms with Crippen molar-refractivity contribution in [3.8, 4) is 0 Å². The Morgan fingerprint density at radius 1 is 1.22 bits per heavy atom. The van der Waals surface area contributed by atoms with Gasteiger partial charge in [0.2, 0.25) is 0 Å². The van der Waals surface area contributed by atoms with Crippen molar-refractivity contribution in [1.82, 2.24) is 0 Å².